The molecule has 1 heterocycles. The standard InChI is InChI=1S/C12H23NO2/c1-5-6-12(7-8-13-9-12)10(14)15-11(2,3)4/h13H,5-9H2,1-4H3. The zero-order valence-electron chi connectivity index (χ0n) is 10.4. The summed E-state index contributed by atoms with van der Waals surface area (Å²) in [6.07, 6.45) is 2.87. The van der Waals surface area contributed by atoms with Crippen LogP contribution in [-0.2, 0) is 9.53 Å². The lowest BCUT2D eigenvalue weighted by atomic mass is 9.82. The van der Waals surface area contributed by atoms with E-state index in [4.69, 9.17) is 4.74 Å². The van der Waals surface area contributed by atoms with Crippen LogP contribution in [0.15, 0.2) is 0 Å². The van der Waals surface area contributed by atoms with E-state index in [2.05, 4.69) is 12.2 Å². The Morgan fingerprint density at radius 2 is 2.13 bits per heavy atom. The summed E-state index contributed by atoms with van der Waals surface area (Å²) in [5, 5.41) is 3.26. The van der Waals surface area contributed by atoms with Gasteiger partial charge in [0.1, 0.15) is 5.60 Å². The molecule has 0 amide bonds. The van der Waals surface area contributed by atoms with E-state index < -0.39 is 0 Å². The van der Waals surface area contributed by atoms with Crippen LogP contribution in [-0.4, -0.2) is 24.7 Å². The molecule has 1 unspecified atom stereocenters. The van der Waals surface area contributed by atoms with E-state index in [1.54, 1.807) is 0 Å². The van der Waals surface area contributed by atoms with Gasteiger partial charge in [-0.2, -0.15) is 0 Å². The van der Waals surface area contributed by atoms with E-state index in [1.807, 2.05) is 20.8 Å². The minimum atomic E-state index is -0.375. The van der Waals surface area contributed by atoms with Crippen molar-refractivity contribution in [1.29, 1.82) is 0 Å². The van der Waals surface area contributed by atoms with Crippen molar-refractivity contribution >= 4 is 5.97 Å². The maximum absolute atomic E-state index is 12.1. The lowest BCUT2D eigenvalue weighted by Crippen LogP contribution is -2.39. The van der Waals surface area contributed by atoms with Crippen molar-refractivity contribution in [1.82, 2.24) is 5.32 Å². The first-order valence-corrected chi connectivity index (χ1v) is 5.84. The molecule has 1 rings (SSSR count). The minimum Gasteiger partial charge on any atom is -0.460 e. The topological polar surface area (TPSA) is 38.3 Å². The summed E-state index contributed by atoms with van der Waals surface area (Å²) >= 11 is 0. The van der Waals surface area contributed by atoms with E-state index in [0.717, 1.165) is 32.4 Å². The van der Waals surface area contributed by atoms with E-state index in [0.29, 0.717) is 0 Å². The molecule has 0 aromatic carbocycles. The first-order valence-electron chi connectivity index (χ1n) is 5.84. The van der Waals surface area contributed by atoms with Crippen LogP contribution in [0.4, 0.5) is 0 Å². The summed E-state index contributed by atoms with van der Waals surface area (Å²) in [5.74, 6) is -0.0261. The van der Waals surface area contributed by atoms with E-state index in [1.165, 1.54) is 0 Å². The summed E-state index contributed by atoms with van der Waals surface area (Å²) in [6.45, 7) is 9.59. The molecule has 1 saturated heterocycles. The number of hydrogen-bond acceptors (Lipinski definition) is 3. The Balaban J connectivity index is 2.68. The fraction of sp³-hybridized carbons (Fsp3) is 0.917. The fourth-order valence-corrected chi connectivity index (χ4v) is 2.10. The number of carbonyl (C=O) groups is 1. The molecule has 1 aliphatic rings. The second-order valence-electron chi connectivity index (χ2n) is 5.46. The molecule has 1 atom stereocenters. The third-order valence-electron chi connectivity index (χ3n) is 2.80. The van der Waals surface area contributed by atoms with E-state index in [-0.39, 0.29) is 17.0 Å². The molecule has 3 nitrogen and oxygen atoms in total. The predicted octanol–water partition coefficient (Wildman–Crippen LogP) is 2.11. The number of esters is 1. The molecule has 1 aliphatic heterocycles. The molecule has 0 radical (unpaired) electrons. The van der Waals surface area contributed by atoms with Crippen LogP contribution in [0.3, 0.4) is 0 Å². The third kappa shape index (κ3) is 3.20. The Hall–Kier alpha value is -0.570. The third-order valence-corrected chi connectivity index (χ3v) is 2.80. The summed E-state index contributed by atoms with van der Waals surface area (Å²) in [4.78, 5) is 12.1. The molecule has 0 aromatic heterocycles. The summed E-state index contributed by atoms with van der Waals surface area (Å²) < 4.78 is 5.50. The van der Waals surface area contributed by atoms with Gasteiger partial charge in [0.2, 0.25) is 0 Å². The van der Waals surface area contributed by atoms with Gasteiger partial charge < -0.3 is 10.1 Å². The molecule has 88 valence electrons. The van der Waals surface area contributed by atoms with Crippen LogP contribution < -0.4 is 5.32 Å². The zero-order chi connectivity index (χ0) is 11.5. The Morgan fingerprint density at radius 3 is 2.53 bits per heavy atom. The van der Waals surface area contributed by atoms with E-state index >= 15 is 0 Å². The highest BCUT2D eigenvalue weighted by atomic mass is 16.6. The highest BCUT2D eigenvalue weighted by Crippen LogP contribution is 2.33. The monoisotopic (exact) mass is 213 g/mol. The molecule has 0 bridgehead atoms. The Kier molecular flexibility index (Phi) is 3.77. The van der Waals surface area contributed by atoms with Crippen LogP contribution in [0.2, 0.25) is 0 Å². The largest absolute Gasteiger partial charge is 0.460 e. The molecular weight excluding hydrogens is 190 g/mol. The number of hydrogen-bond donors (Lipinski definition) is 1. The highest BCUT2D eigenvalue weighted by Gasteiger charge is 2.43. The van der Waals surface area contributed by atoms with Crippen molar-refractivity contribution in [2.75, 3.05) is 13.1 Å². The van der Waals surface area contributed by atoms with Gasteiger partial charge in [-0.1, -0.05) is 13.3 Å². The summed E-state index contributed by atoms with van der Waals surface area (Å²) in [5.41, 5.74) is -0.636. The predicted molar refractivity (Wildman–Crippen MR) is 60.7 cm³/mol. The van der Waals surface area contributed by atoms with Gasteiger partial charge >= 0.3 is 5.97 Å². The van der Waals surface area contributed by atoms with Gasteiger partial charge in [-0.05, 0) is 40.2 Å². The van der Waals surface area contributed by atoms with Gasteiger partial charge in [-0.3, -0.25) is 4.79 Å². The average molecular weight is 213 g/mol. The molecule has 0 aliphatic carbocycles. The van der Waals surface area contributed by atoms with Gasteiger partial charge in [0.05, 0.1) is 5.41 Å². The average Bonchev–Trinajstić information content (AvgIpc) is 2.51. The van der Waals surface area contributed by atoms with Crippen molar-refractivity contribution in [3.63, 3.8) is 0 Å². The van der Waals surface area contributed by atoms with Crippen LogP contribution in [0.5, 0.6) is 0 Å². The number of carbonyl (C=O) groups excluding carboxylic acids is 1. The van der Waals surface area contributed by atoms with Crippen molar-refractivity contribution in [2.45, 2.75) is 52.6 Å². The highest BCUT2D eigenvalue weighted by molar-refractivity contribution is 5.78. The minimum absolute atomic E-state index is 0.0261. The van der Waals surface area contributed by atoms with Gasteiger partial charge in [-0.15, -0.1) is 0 Å². The van der Waals surface area contributed by atoms with Crippen LogP contribution in [0, 0.1) is 5.41 Å². The van der Waals surface area contributed by atoms with Crippen LogP contribution in [0.1, 0.15) is 47.0 Å². The summed E-state index contributed by atoms with van der Waals surface area (Å²) in [6, 6.07) is 0. The molecule has 0 saturated carbocycles. The smallest absolute Gasteiger partial charge is 0.313 e. The second-order valence-corrected chi connectivity index (χ2v) is 5.46. The quantitative estimate of drug-likeness (QED) is 0.730. The Morgan fingerprint density at radius 1 is 1.47 bits per heavy atom. The molecule has 1 N–H and O–H groups in total. The summed E-state index contributed by atoms with van der Waals surface area (Å²) in [7, 11) is 0. The molecule has 3 heteroatoms. The molecular formula is C12H23NO2. The van der Waals surface area contributed by atoms with Crippen molar-refractivity contribution in [2.24, 2.45) is 5.41 Å². The van der Waals surface area contributed by atoms with Crippen LogP contribution in [0.25, 0.3) is 0 Å². The first-order chi connectivity index (χ1) is 6.90. The lowest BCUT2D eigenvalue weighted by Gasteiger charge is -2.30. The SMILES string of the molecule is CCCC1(C(=O)OC(C)(C)C)CCNC1. The lowest BCUT2D eigenvalue weighted by molar-refractivity contribution is -0.167. The number of nitrogens with one attached hydrogen (secondary N) is 1. The van der Waals surface area contributed by atoms with Crippen molar-refractivity contribution < 1.29 is 9.53 Å². The normalized spacial score (nSPS) is 26.7. The second kappa shape index (κ2) is 4.52. The first kappa shape index (κ1) is 12.5. The van der Waals surface area contributed by atoms with Gasteiger partial charge in [0, 0.05) is 6.54 Å². The Bertz CT molecular complexity index is 224. The maximum atomic E-state index is 12.1. The molecule has 15 heavy (non-hydrogen) atoms. The van der Waals surface area contributed by atoms with Gasteiger partial charge in [-0.25, -0.2) is 0 Å². The van der Waals surface area contributed by atoms with Crippen molar-refractivity contribution in [3.8, 4) is 0 Å². The Labute approximate surface area is 92.6 Å². The zero-order valence-corrected chi connectivity index (χ0v) is 10.4. The molecule has 1 fully saturated rings. The number of ether oxygens (including phenoxy) is 1. The van der Waals surface area contributed by atoms with Gasteiger partial charge in [0.15, 0.2) is 0 Å². The van der Waals surface area contributed by atoms with Gasteiger partial charge in [0.25, 0.3) is 0 Å². The fourth-order valence-electron chi connectivity index (χ4n) is 2.10. The van der Waals surface area contributed by atoms with Crippen molar-refractivity contribution in [3.05, 3.63) is 0 Å². The maximum Gasteiger partial charge on any atom is 0.313 e. The molecule has 0 spiro atoms. The van der Waals surface area contributed by atoms with Crippen LogP contribution >= 0.6 is 0 Å². The molecule has 0 aromatic rings. The van der Waals surface area contributed by atoms with E-state index in [9.17, 15) is 4.79 Å². The number of rotatable bonds is 3.